The minimum atomic E-state index is -0.341. The molecule has 26 heavy (non-hydrogen) atoms. The van der Waals surface area contributed by atoms with Crippen molar-refractivity contribution < 1.29 is 19.4 Å². The van der Waals surface area contributed by atoms with Crippen LogP contribution in [-0.2, 0) is 20.8 Å². The Balaban J connectivity index is 2.02. The van der Waals surface area contributed by atoms with Gasteiger partial charge in [-0.2, -0.15) is 0 Å². The summed E-state index contributed by atoms with van der Waals surface area (Å²) in [5.41, 5.74) is 0.581. The van der Waals surface area contributed by atoms with Crippen LogP contribution in [0.4, 0.5) is 0 Å². The molecule has 3 aromatic rings. The molecule has 136 valence electrons. The van der Waals surface area contributed by atoms with Gasteiger partial charge in [-0.1, -0.05) is 36.0 Å². The second-order valence-corrected chi connectivity index (χ2v) is 6.47. The van der Waals surface area contributed by atoms with Crippen molar-refractivity contribution in [1.82, 2.24) is 14.8 Å². The van der Waals surface area contributed by atoms with Crippen LogP contribution in [0.3, 0.4) is 0 Å². The molecular formula is C18H19N3O4S. The minimum Gasteiger partial charge on any atom is -0.507 e. The molecular weight excluding hydrogens is 354 g/mol. The van der Waals surface area contributed by atoms with Gasteiger partial charge in [0.15, 0.2) is 11.0 Å². The highest BCUT2D eigenvalue weighted by atomic mass is 32.2. The number of thioether (sulfide) groups is 1. The summed E-state index contributed by atoms with van der Waals surface area (Å²) in [5, 5.41) is 21.4. The van der Waals surface area contributed by atoms with Crippen molar-refractivity contribution in [2.45, 2.75) is 11.7 Å². The number of ether oxygens (including phenoxy) is 2. The fourth-order valence-electron chi connectivity index (χ4n) is 2.57. The fraction of sp³-hybridized carbons (Fsp3) is 0.278. The van der Waals surface area contributed by atoms with Crippen molar-refractivity contribution in [2.75, 3.05) is 26.6 Å². The van der Waals surface area contributed by atoms with Crippen LogP contribution in [0.15, 0.2) is 41.6 Å². The highest BCUT2D eigenvalue weighted by molar-refractivity contribution is 7.99. The maximum Gasteiger partial charge on any atom is 0.316 e. The van der Waals surface area contributed by atoms with Crippen LogP contribution < -0.4 is 0 Å². The predicted octanol–water partition coefficient (Wildman–Crippen LogP) is 2.72. The lowest BCUT2D eigenvalue weighted by atomic mass is 10.1. The van der Waals surface area contributed by atoms with E-state index in [9.17, 15) is 9.90 Å². The highest BCUT2D eigenvalue weighted by Crippen LogP contribution is 2.34. The number of fused-ring (bicyclic) bond motifs is 1. The summed E-state index contributed by atoms with van der Waals surface area (Å²) < 4.78 is 11.7. The number of aromatic hydroxyl groups is 1. The number of phenols is 1. The minimum absolute atomic E-state index is 0.124. The normalized spacial score (nSPS) is 11.0. The van der Waals surface area contributed by atoms with E-state index in [2.05, 4.69) is 14.9 Å². The Bertz CT molecular complexity index is 926. The molecule has 1 aromatic heterocycles. The zero-order valence-corrected chi connectivity index (χ0v) is 15.3. The Morgan fingerprint density at radius 2 is 1.92 bits per heavy atom. The van der Waals surface area contributed by atoms with Crippen LogP contribution in [-0.4, -0.2) is 52.4 Å². The molecule has 0 aliphatic heterocycles. The number of nitrogens with zero attached hydrogens (tertiary/aromatic N) is 3. The summed E-state index contributed by atoms with van der Waals surface area (Å²) in [6.07, 6.45) is 0. The first-order valence-electron chi connectivity index (χ1n) is 7.98. The van der Waals surface area contributed by atoms with E-state index in [1.807, 2.05) is 34.9 Å². The van der Waals surface area contributed by atoms with Crippen LogP contribution in [0.25, 0.3) is 22.2 Å². The van der Waals surface area contributed by atoms with Crippen LogP contribution in [0.5, 0.6) is 5.75 Å². The van der Waals surface area contributed by atoms with E-state index >= 15 is 0 Å². The third kappa shape index (κ3) is 3.81. The van der Waals surface area contributed by atoms with Gasteiger partial charge in [-0.15, -0.1) is 10.2 Å². The first-order valence-corrected chi connectivity index (χ1v) is 8.96. The summed E-state index contributed by atoms with van der Waals surface area (Å²) in [6, 6.07) is 11.4. The van der Waals surface area contributed by atoms with Gasteiger partial charge in [0.25, 0.3) is 0 Å². The molecule has 0 amide bonds. The Morgan fingerprint density at radius 1 is 1.19 bits per heavy atom. The Labute approximate surface area is 154 Å². The van der Waals surface area contributed by atoms with Gasteiger partial charge >= 0.3 is 5.97 Å². The fourth-order valence-corrected chi connectivity index (χ4v) is 3.37. The molecule has 3 rings (SSSR count). The molecule has 0 saturated heterocycles. The molecule has 8 heteroatoms. The zero-order chi connectivity index (χ0) is 18.5. The quantitative estimate of drug-likeness (QED) is 0.503. The summed E-state index contributed by atoms with van der Waals surface area (Å²) >= 11 is 1.23. The number of rotatable bonds is 7. The number of carbonyl (C=O) groups is 1. The van der Waals surface area contributed by atoms with Gasteiger partial charge in [-0.25, -0.2) is 0 Å². The lowest BCUT2D eigenvalue weighted by molar-refractivity contribution is -0.137. The lowest BCUT2D eigenvalue weighted by Crippen LogP contribution is -2.09. The molecule has 0 unspecified atom stereocenters. The molecule has 0 aliphatic rings. The van der Waals surface area contributed by atoms with Crippen molar-refractivity contribution in [3.05, 3.63) is 36.4 Å². The third-order valence-electron chi connectivity index (χ3n) is 3.89. The smallest absolute Gasteiger partial charge is 0.316 e. The second kappa shape index (κ2) is 8.20. The van der Waals surface area contributed by atoms with E-state index in [-0.39, 0.29) is 17.5 Å². The molecule has 0 radical (unpaired) electrons. The van der Waals surface area contributed by atoms with Crippen molar-refractivity contribution >= 4 is 28.5 Å². The maximum absolute atomic E-state index is 11.4. The van der Waals surface area contributed by atoms with E-state index in [0.717, 1.165) is 10.8 Å². The van der Waals surface area contributed by atoms with Gasteiger partial charge in [-0.3, -0.25) is 9.36 Å². The number of methoxy groups -OCH3 is 2. The van der Waals surface area contributed by atoms with E-state index in [1.54, 1.807) is 13.2 Å². The van der Waals surface area contributed by atoms with E-state index < -0.39 is 0 Å². The van der Waals surface area contributed by atoms with Gasteiger partial charge in [-0.05, 0) is 22.9 Å². The maximum atomic E-state index is 11.4. The Morgan fingerprint density at radius 3 is 2.62 bits per heavy atom. The van der Waals surface area contributed by atoms with E-state index in [4.69, 9.17) is 4.74 Å². The molecule has 0 fully saturated rings. The van der Waals surface area contributed by atoms with Gasteiger partial charge in [0.05, 0.1) is 31.6 Å². The Kier molecular flexibility index (Phi) is 5.75. The van der Waals surface area contributed by atoms with Gasteiger partial charge in [0.1, 0.15) is 5.75 Å². The van der Waals surface area contributed by atoms with Crippen LogP contribution in [0.2, 0.25) is 0 Å². The van der Waals surface area contributed by atoms with Gasteiger partial charge in [0, 0.05) is 7.11 Å². The summed E-state index contributed by atoms with van der Waals surface area (Å²) in [6.45, 7) is 0.944. The molecule has 0 bridgehead atoms. The molecule has 7 nitrogen and oxygen atoms in total. The van der Waals surface area contributed by atoms with Crippen molar-refractivity contribution in [1.29, 1.82) is 0 Å². The van der Waals surface area contributed by atoms with Crippen LogP contribution in [0.1, 0.15) is 0 Å². The number of hydrogen-bond donors (Lipinski definition) is 1. The number of esters is 1. The molecule has 0 saturated carbocycles. The standard InChI is InChI=1S/C18H19N3O4S/c1-24-8-7-21-17(19-20-18(21)26-11-16(23)25-2)14-9-12-5-3-4-6-13(12)10-15(14)22/h3-6,9-10,22H,7-8,11H2,1-2H3. The number of benzene rings is 2. The van der Waals surface area contributed by atoms with Gasteiger partial charge in [0.2, 0.25) is 0 Å². The molecule has 0 aliphatic carbocycles. The molecule has 2 aromatic carbocycles. The molecule has 1 heterocycles. The zero-order valence-electron chi connectivity index (χ0n) is 14.5. The number of phenolic OH excluding ortho intramolecular Hbond substituents is 1. The van der Waals surface area contributed by atoms with Crippen LogP contribution in [0, 0.1) is 0 Å². The second-order valence-electron chi connectivity index (χ2n) is 5.53. The highest BCUT2D eigenvalue weighted by Gasteiger charge is 2.18. The average Bonchev–Trinajstić information content (AvgIpc) is 3.06. The lowest BCUT2D eigenvalue weighted by Gasteiger charge is -2.11. The van der Waals surface area contributed by atoms with Gasteiger partial charge < -0.3 is 14.6 Å². The average molecular weight is 373 g/mol. The van der Waals surface area contributed by atoms with Crippen molar-refractivity contribution in [3.8, 4) is 17.1 Å². The van der Waals surface area contributed by atoms with Crippen LogP contribution >= 0.6 is 11.8 Å². The number of aromatic nitrogens is 3. The largest absolute Gasteiger partial charge is 0.507 e. The summed E-state index contributed by atoms with van der Waals surface area (Å²) in [5.74, 6) is 0.439. The van der Waals surface area contributed by atoms with Crippen molar-refractivity contribution in [2.24, 2.45) is 0 Å². The first-order chi connectivity index (χ1) is 12.6. The number of carbonyl (C=O) groups excluding carboxylic acids is 1. The summed E-state index contributed by atoms with van der Waals surface area (Å²) in [4.78, 5) is 11.4. The molecule has 1 N–H and O–H groups in total. The number of hydrogen-bond acceptors (Lipinski definition) is 7. The Hall–Kier alpha value is -2.58. The molecule has 0 atom stereocenters. The SMILES string of the molecule is COCCn1c(SCC(=O)OC)nnc1-c1cc2ccccc2cc1O. The summed E-state index contributed by atoms with van der Waals surface area (Å²) in [7, 11) is 2.95. The predicted molar refractivity (Wildman–Crippen MR) is 99.2 cm³/mol. The van der Waals surface area contributed by atoms with Crippen molar-refractivity contribution in [3.63, 3.8) is 0 Å². The monoisotopic (exact) mass is 373 g/mol. The first kappa shape index (κ1) is 18.2. The third-order valence-corrected chi connectivity index (χ3v) is 4.83. The van der Waals surface area contributed by atoms with E-state index in [1.165, 1.54) is 18.9 Å². The molecule has 0 spiro atoms. The van der Waals surface area contributed by atoms with E-state index in [0.29, 0.717) is 29.7 Å². The topological polar surface area (TPSA) is 86.5 Å².